The number of aromatic nitrogens is 1. The van der Waals surface area contributed by atoms with Crippen LogP contribution in [-0.2, 0) is 0 Å². The number of benzene rings is 2. The lowest BCUT2D eigenvalue weighted by molar-refractivity contribution is 0.359. The first kappa shape index (κ1) is 15.1. The second kappa shape index (κ2) is 5.49. The van der Waals surface area contributed by atoms with Gasteiger partial charge < -0.3 is 13.4 Å². The highest BCUT2D eigenvalue weighted by Crippen LogP contribution is 2.42. The van der Waals surface area contributed by atoms with E-state index >= 15 is 0 Å². The fourth-order valence-corrected chi connectivity index (χ4v) is 4.82. The summed E-state index contributed by atoms with van der Waals surface area (Å²) in [6.07, 6.45) is 6.08. The first-order valence-electron chi connectivity index (χ1n) is 9.70. The van der Waals surface area contributed by atoms with Crippen molar-refractivity contribution in [2.45, 2.75) is 38.1 Å². The van der Waals surface area contributed by atoms with E-state index in [-0.39, 0.29) is 5.63 Å². The summed E-state index contributed by atoms with van der Waals surface area (Å²) in [6, 6.07) is 16.3. The average molecular weight is 357 g/mol. The summed E-state index contributed by atoms with van der Waals surface area (Å²) in [4.78, 5) is 12.9. The Morgan fingerprint density at radius 3 is 2.41 bits per heavy atom. The fraction of sp³-hybridized carbons (Fsp3) is 0.261. The molecule has 3 aromatic heterocycles. The van der Waals surface area contributed by atoms with E-state index in [0.29, 0.717) is 22.6 Å². The van der Waals surface area contributed by atoms with Crippen molar-refractivity contribution in [1.82, 2.24) is 4.57 Å². The molecule has 4 heteroatoms. The Labute approximate surface area is 155 Å². The molecule has 0 bridgehead atoms. The van der Waals surface area contributed by atoms with E-state index in [0.717, 1.165) is 40.2 Å². The molecule has 0 atom stereocenters. The van der Waals surface area contributed by atoms with Crippen molar-refractivity contribution < 1.29 is 8.83 Å². The smallest absolute Gasteiger partial charge is 0.348 e. The molecule has 1 aliphatic carbocycles. The van der Waals surface area contributed by atoms with Crippen LogP contribution >= 0.6 is 0 Å². The molecule has 1 aliphatic rings. The third kappa shape index (κ3) is 2.01. The normalized spacial score (nSPS) is 16.1. The largest absolute Gasteiger partial charge is 0.438 e. The maximum absolute atomic E-state index is 12.9. The molecule has 0 spiro atoms. The van der Waals surface area contributed by atoms with Crippen molar-refractivity contribution in [3.8, 4) is 0 Å². The maximum atomic E-state index is 12.9. The molecule has 0 radical (unpaired) electrons. The molecule has 6 rings (SSSR count). The van der Waals surface area contributed by atoms with Gasteiger partial charge in [0, 0.05) is 11.4 Å². The van der Waals surface area contributed by atoms with Crippen LogP contribution in [0.3, 0.4) is 0 Å². The van der Waals surface area contributed by atoms with E-state index in [2.05, 4.69) is 22.8 Å². The van der Waals surface area contributed by atoms with Gasteiger partial charge in [0.15, 0.2) is 5.58 Å². The van der Waals surface area contributed by atoms with Crippen molar-refractivity contribution in [2.75, 3.05) is 0 Å². The molecule has 0 N–H and O–H groups in total. The summed E-state index contributed by atoms with van der Waals surface area (Å²) in [6.45, 7) is 0. The highest BCUT2D eigenvalue weighted by atomic mass is 16.4. The number of para-hydroxylation sites is 2. The zero-order chi connectivity index (χ0) is 18.0. The molecule has 0 saturated heterocycles. The Kier molecular flexibility index (Phi) is 3.07. The lowest BCUT2D eigenvalue weighted by Gasteiger charge is -2.24. The number of hydrogen-bond acceptors (Lipinski definition) is 3. The number of rotatable bonds is 1. The van der Waals surface area contributed by atoms with Crippen LogP contribution in [0, 0.1) is 0 Å². The molecule has 1 fully saturated rings. The van der Waals surface area contributed by atoms with Gasteiger partial charge in [-0.15, -0.1) is 0 Å². The molecular weight excluding hydrogens is 338 g/mol. The van der Waals surface area contributed by atoms with Crippen molar-refractivity contribution in [1.29, 1.82) is 0 Å². The van der Waals surface area contributed by atoms with E-state index in [9.17, 15) is 4.79 Å². The molecule has 5 aromatic rings. The minimum absolute atomic E-state index is 0.325. The Morgan fingerprint density at radius 2 is 1.56 bits per heavy atom. The molecule has 2 aromatic carbocycles. The van der Waals surface area contributed by atoms with Gasteiger partial charge in [0.25, 0.3) is 0 Å². The van der Waals surface area contributed by atoms with Crippen molar-refractivity contribution in [3.05, 3.63) is 59.0 Å². The monoisotopic (exact) mass is 357 g/mol. The van der Waals surface area contributed by atoms with Crippen LogP contribution in [0.15, 0.2) is 62.2 Å². The Bertz CT molecular complexity index is 1380. The molecular formula is C23H19NO3. The Morgan fingerprint density at radius 1 is 0.815 bits per heavy atom. The van der Waals surface area contributed by atoms with E-state index in [1.54, 1.807) is 0 Å². The quantitative estimate of drug-likeness (QED) is 0.338. The van der Waals surface area contributed by atoms with Crippen LogP contribution in [0.25, 0.3) is 43.9 Å². The summed E-state index contributed by atoms with van der Waals surface area (Å²) in [7, 11) is 0. The van der Waals surface area contributed by atoms with Gasteiger partial charge in [0.2, 0.25) is 5.71 Å². The maximum Gasteiger partial charge on any atom is 0.348 e. The molecule has 1 saturated carbocycles. The molecule has 0 unspecified atom stereocenters. The van der Waals surface area contributed by atoms with Crippen molar-refractivity contribution >= 4 is 43.9 Å². The van der Waals surface area contributed by atoms with Crippen LogP contribution in [0.4, 0.5) is 0 Å². The lowest BCUT2D eigenvalue weighted by atomic mass is 9.95. The van der Waals surface area contributed by atoms with Crippen LogP contribution in [0.2, 0.25) is 0 Å². The van der Waals surface area contributed by atoms with Gasteiger partial charge >= 0.3 is 5.63 Å². The second-order valence-electron chi connectivity index (χ2n) is 7.55. The van der Waals surface area contributed by atoms with E-state index in [1.165, 1.54) is 19.3 Å². The third-order valence-corrected chi connectivity index (χ3v) is 6.02. The zero-order valence-corrected chi connectivity index (χ0v) is 14.9. The summed E-state index contributed by atoms with van der Waals surface area (Å²) in [5.74, 6) is 0. The van der Waals surface area contributed by atoms with E-state index in [1.807, 2.05) is 30.3 Å². The van der Waals surface area contributed by atoms with Gasteiger partial charge in [-0.1, -0.05) is 49.6 Å². The van der Waals surface area contributed by atoms with Gasteiger partial charge in [0.05, 0.1) is 16.3 Å². The van der Waals surface area contributed by atoms with Crippen LogP contribution in [-0.4, -0.2) is 4.57 Å². The number of nitrogens with zero attached hydrogens (tertiary/aromatic N) is 1. The first-order valence-corrected chi connectivity index (χ1v) is 9.70. The molecule has 27 heavy (non-hydrogen) atoms. The Balaban J connectivity index is 1.83. The average Bonchev–Trinajstić information content (AvgIpc) is 3.24. The SMILES string of the molecule is O=c1oc2ccccc2c2oc3c(c4ccccc4n3C3CCCCC3)c12. The van der Waals surface area contributed by atoms with Gasteiger partial charge in [-0.05, 0) is 31.0 Å². The first-order chi connectivity index (χ1) is 13.3. The molecule has 0 amide bonds. The second-order valence-corrected chi connectivity index (χ2v) is 7.55. The van der Waals surface area contributed by atoms with Gasteiger partial charge in [-0.25, -0.2) is 4.79 Å². The molecule has 3 heterocycles. The predicted octanol–water partition coefficient (Wildman–Crippen LogP) is 6.15. The minimum atomic E-state index is -0.325. The topological polar surface area (TPSA) is 48.3 Å². The number of hydrogen-bond donors (Lipinski definition) is 0. The van der Waals surface area contributed by atoms with Crippen LogP contribution in [0.5, 0.6) is 0 Å². The zero-order valence-electron chi connectivity index (χ0n) is 14.9. The lowest BCUT2D eigenvalue weighted by Crippen LogP contribution is -2.12. The minimum Gasteiger partial charge on any atom is -0.438 e. The standard InChI is InChI=1S/C23H19NO3/c25-23-20-19-15-10-4-6-12-17(15)24(14-8-2-1-3-9-14)22(19)27-21(20)16-11-5-7-13-18(16)26-23/h4-7,10-14H,1-3,8-9H2. The van der Waals surface area contributed by atoms with Gasteiger partial charge in [-0.3, -0.25) is 0 Å². The summed E-state index contributed by atoms with van der Waals surface area (Å²) >= 11 is 0. The van der Waals surface area contributed by atoms with Crippen LogP contribution in [0.1, 0.15) is 38.1 Å². The van der Waals surface area contributed by atoms with Gasteiger partial charge in [-0.2, -0.15) is 0 Å². The predicted molar refractivity (Wildman–Crippen MR) is 107 cm³/mol. The van der Waals surface area contributed by atoms with E-state index < -0.39 is 0 Å². The molecule has 0 aliphatic heterocycles. The summed E-state index contributed by atoms with van der Waals surface area (Å²) in [5.41, 5.74) is 2.84. The van der Waals surface area contributed by atoms with Crippen molar-refractivity contribution in [3.63, 3.8) is 0 Å². The van der Waals surface area contributed by atoms with Crippen LogP contribution < -0.4 is 5.63 Å². The highest BCUT2D eigenvalue weighted by molar-refractivity contribution is 6.22. The Hall–Kier alpha value is -3.01. The van der Waals surface area contributed by atoms with E-state index in [4.69, 9.17) is 8.83 Å². The summed E-state index contributed by atoms with van der Waals surface area (Å²) in [5, 5.41) is 3.38. The van der Waals surface area contributed by atoms with Crippen molar-refractivity contribution in [2.24, 2.45) is 0 Å². The number of furan rings is 1. The highest BCUT2D eigenvalue weighted by Gasteiger charge is 2.26. The molecule has 134 valence electrons. The summed E-state index contributed by atoms with van der Waals surface area (Å²) < 4.78 is 14.4. The van der Waals surface area contributed by atoms with Gasteiger partial charge in [0.1, 0.15) is 11.0 Å². The third-order valence-electron chi connectivity index (χ3n) is 6.02. The number of fused-ring (bicyclic) bond motifs is 7. The fourth-order valence-electron chi connectivity index (χ4n) is 4.82. The molecule has 4 nitrogen and oxygen atoms in total.